The molecule has 0 saturated carbocycles. The summed E-state index contributed by atoms with van der Waals surface area (Å²) in [5.41, 5.74) is 6.89. The summed E-state index contributed by atoms with van der Waals surface area (Å²) in [6.45, 7) is 6.10. The van der Waals surface area contributed by atoms with Gasteiger partial charge >= 0.3 is 0 Å². The first kappa shape index (κ1) is 15.4. The van der Waals surface area contributed by atoms with Gasteiger partial charge in [0.15, 0.2) is 0 Å². The molecule has 0 bridgehead atoms. The molecule has 1 saturated heterocycles. The molecule has 0 spiro atoms. The van der Waals surface area contributed by atoms with Crippen molar-refractivity contribution in [1.82, 2.24) is 4.90 Å². The predicted octanol–water partition coefficient (Wildman–Crippen LogP) is 1.64. The molecule has 0 radical (unpaired) electrons. The van der Waals surface area contributed by atoms with E-state index in [1.807, 2.05) is 18.2 Å². The standard InChI is InChI=1S/C16H26N2O2/c17-12-16-13-18(9-11-20-16)8-4-5-10-19-14-15-6-2-1-3-7-15/h1-3,6-7,16H,4-5,8-14,17H2/t16-/m1/s1. The van der Waals surface area contributed by atoms with Crippen molar-refractivity contribution in [1.29, 1.82) is 0 Å². The van der Waals surface area contributed by atoms with E-state index in [2.05, 4.69) is 17.0 Å². The molecule has 112 valence electrons. The Hall–Kier alpha value is -0.940. The van der Waals surface area contributed by atoms with E-state index >= 15 is 0 Å². The van der Waals surface area contributed by atoms with Crippen LogP contribution in [0, 0.1) is 0 Å². The van der Waals surface area contributed by atoms with Crippen LogP contribution in [0.5, 0.6) is 0 Å². The van der Waals surface area contributed by atoms with Gasteiger partial charge in [0, 0.05) is 26.2 Å². The number of hydrogen-bond donors (Lipinski definition) is 1. The van der Waals surface area contributed by atoms with Gasteiger partial charge in [0.2, 0.25) is 0 Å². The largest absolute Gasteiger partial charge is 0.377 e. The monoisotopic (exact) mass is 278 g/mol. The van der Waals surface area contributed by atoms with E-state index in [-0.39, 0.29) is 6.10 Å². The molecule has 4 nitrogen and oxygen atoms in total. The summed E-state index contributed by atoms with van der Waals surface area (Å²) in [7, 11) is 0. The normalized spacial score (nSPS) is 20.1. The fraction of sp³-hybridized carbons (Fsp3) is 0.625. The highest BCUT2D eigenvalue weighted by Crippen LogP contribution is 2.06. The van der Waals surface area contributed by atoms with Gasteiger partial charge in [0.1, 0.15) is 0 Å². The van der Waals surface area contributed by atoms with Crippen molar-refractivity contribution < 1.29 is 9.47 Å². The highest BCUT2D eigenvalue weighted by atomic mass is 16.5. The fourth-order valence-electron chi connectivity index (χ4n) is 2.43. The second kappa shape index (κ2) is 9.08. The summed E-state index contributed by atoms with van der Waals surface area (Å²) in [5.74, 6) is 0. The van der Waals surface area contributed by atoms with Crippen LogP contribution < -0.4 is 5.73 Å². The lowest BCUT2D eigenvalue weighted by Crippen LogP contribution is -2.45. The van der Waals surface area contributed by atoms with Gasteiger partial charge in [0.25, 0.3) is 0 Å². The maximum Gasteiger partial charge on any atom is 0.0824 e. The zero-order valence-corrected chi connectivity index (χ0v) is 12.2. The fourth-order valence-corrected chi connectivity index (χ4v) is 2.43. The summed E-state index contributed by atoms with van der Waals surface area (Å²) in [6.07, 6.45) is 2.50. The van der Waals surface area contributed by atoms with Gasteiger partial charge in [-0.2, -0.15) is 0 Å². The molecule has 0 unspecified atom stereocenters. The van der Waals surface area contributed by atoms with Crippen molar-refractivity contribution >= 4 is 0 Å². The molecule has 0 aromatic heterocycles. The van der Waals surface area contributed by atoms with Gasteiger partial charge in [0.05, 0.1) is 19.3 Å². The minimum absolute atomic E-state index is 0.220. The average Bonchev–Trinajstić information content (AvgIpc) is 2.52. The third kappa shape index (κ3) is 5.59. The smallest absolute Gasteiger partial charge is 0.0824 e. The molecular formula is C16H26N2O2. The summed E-state index contributed by atoms with van der Waals surface area (Å²) >= 11 is 0. The molecule has 2 N–H and O–H groups in total. The Balaban J connectivity index is 1.49. The van der Waals surface area contributed by atoms with Gasteiger partial charge in [-0.3, -0.25) is 4.90 Å². The lowest BCUT2D eigenvalue weighted by atomic mass is 10.2. The molecule has 1 aromatic rings. The molecule has 4 heteroatoms. The zero-order chi connectivity index (χ0) is 14.0. The van der Waals surface area contributed by atoms with E-state index in [0.717, 1.165) is 39.3 Å². The lowest BCUT2D eigenvalue weighted by molar-refractivity contribution is -0.0240. The second-order valence-corrected chi connectivity index (χ2v) is 5.27. The lowest BCUT2D eigenvalue weighted by Gasteiger charge is -2.32. The van der Waals surface area contributed by atoms with E-state index in [1.54, 1.807) is 0 Å². The molecule has 0 amide bonds. The van der Waals surface area contributed by atoms with E-state index < -0.39 is 0 Å². The first-order chi connectivity index (χ1) is 9.88. The first-order valence-corrected chi connectivity index (χ1v) is 7.54. The number of rotatable bonds is 8. The van der Waals surface area contributed by atoms with Crippen LogP contribution in [-0.4, -0.2) is 50.4 Å². The number of nitrogens with two attached hydrogens (primary N) is 1. The molecule has 1 heterocycles. The van der Waals surface area contributed by atoms with Crippen LogP contribution in [0.4, 0.5) is 0 Å². The summed E-state index contributed by atoms with van der Waals surface area (Å²) in [4.78, 5) is 2.44. The molecule has 1 aromatic carbocycles. The van der Waals surface area contributed by atoms with E-state index in [0.29, 0.717) is 13.2 Å². The number of ether oxygens (including phenoxy) is 2. The minimum atomic E-state index is 0.220. The third-order valence-electron chi connectivity index (χ3n) is 3.61. The number of benzene rings is 1. The van der Waals surface area contributed by atoms with Crippen LogP contribution in [0.25, 0.3) is 0 Å². The number of unbranched alkanes of at least 4 members (excludes halogenated alkanes) is 1. The summed E-state index contributed by atoms with van der Waals surface area (Å²) in [6, 6.07) is 10.3. The van der Waals surface area contributed by atoms with Gasteiger partial charge in [-0.25, -0.2) is 0 Å². The maximum absolute atomic E-state index is 5.69. The number of hydrogen-bond acceptors (Lipinski definition) is 4. The molecule has 1 aliphatic rings. The highest BCUT2D eigenvalue weighted by molar-refractivity contribution is 5.13. The predicted molar refractivity (Wildman–Crippen MR) is 80.6 cm³/mol. The first-order valence-electron chi connectivity index (χ1n) is 7.54. The molecule has 1 fully saturated rings. The van der Waals surface area contributed by atoms with E-state index in [1.165, 1.54) is 12.0 Å². The summed E-state index contributed by atoms with van der Waals surface area (Å²) in [5, 5.41) is 0. The van der Waals surface area contributed by atoms with Gasteiger partial charge in [-0.05, 0) is 24.9 Å². The van der Waals surface area contributed by atoms with Crippen LogP contribution >= 0.6 is 0 Å². The number of nitrogens with zero attached hydrogens (tertiary/aromatic N) is 1. The molecule has 1 aliphatic heterocycles. The average molecular weight is 278 g/mol. The van der Waals surface area contributed by atoms with Crippen LogP contribution in [0.15, 0.2) is 30.3 Å². The van der Waals surface area contributed by atoms with Gasteiger partial charge in [-0.15, -0.1) is 0 Å². The van der Waals surface area contributed by atoms with Crippen LogP contribution in [0.2, 0.25) is 0 Å². The Labute approximate surface area is 121 Å². The molecule has 1 atom stereocenters. The Kier molecular flexibility index (Phi) is 7.01. The minimum Gasteiger partial charge on any atom is -0.377 e. The van der Waals surface area contributed by atoms with Crippen molar-refractivity contribution in [2.75, 3.05) is 39.4 Å². The molecular weight excluding hydrogens is 252 g/mol. The summed E-state index contributed by atoms with van der Waals surface area (Å²) < 4.78 is 11.2. The van der Waals surface area contributed by atoms with Gasteiger partial charge < -0.3 is 15.2 Å². The highest BCUT2D eigenvalue weighted by Gasteiger charge is 2.18. The van der Waals surface area contributed by atoms with Crippen molar-refractivity contribution in [2.24, 2.45) is 5.73 Å². The molecule has 20 heavy (non-hydrogen) atoms. The zero-order valence-electron chi connectivity index (χ0n) is 12.2. The SMILES string of the molecule is NC[C@@H]1CN(CCCCOCc2ccccc2)CCO1. The Morgan fingerprint density at radius 1 is 1.25 bits per heavy atom. The third-order valence-corrected chi connectivity index (χ3v) is 3.61. The Morgan fingerprint density at radius 2 is 2.10 bits per heavy atom. The van der Waals surface area contributed by atoms with Crippen LogP contribution in [-0.2, 0) is 16.1 Å². The topological polar surface area (TPSA) is 47.7 Å². The quantitative estimate of drug-likeness (QED) is 0.735. The Morgan fingerprint density at radius 3 is 2.90 bits per heavy atom. The van der Waals surface area contributed by atoms with Crippen molar-refractivity contribution in [2.45, 2.75) is 25.6 Å². The van der Waals surface area contributed by atoms with Crippen molar-refractivity contribution in [3.05, 3.63) is 35.9 Å². The number of morpholine rings is 1. The maximum atomic E-state index is 5.69. The second-order valence-electron chi connectivity index (χ2n) is 5.27. The van der Waals surface area contributed by atoms with Crippen LogP contribution in [0.3, 0.4) is 0 Å². The van der Waals surface area contributed by atoms with Gasteiger partial charge in [-0.1, -0.05) is 30.3 Å². The van der Waals surface area contributed by atoms with Crippen LogP contribution in [0.1, 0.15) is 18.4 Å². The van der Waals surface area contributed by atoms with Crippen molar-refractivity contribution in [3.63, 3.8) is 0 Å². The van der Waals surface area contributed by atoms with Crippen molar-refractivity contribution in [3.8, 4) is 0 Å². The van der Waals surface area contributed by atoms with E-state index in [4.69, 9.17) is 15.2 Å². The molecule has 2 rings (SSSR count). The van der Waals surface area contributed by atoms with E-state index in [9.17, 15) is 0 Å². The Bertz CT molecular complexity index is 359. The molecule has 0 aliphatic carbocycles.